The monoisotopic (exact) mass is 298 g/mol. The van der Waals surface area contributed by atoms with E-state index >= 15 is 0 Å². The van der Waals surface area contributed by atoms with Crippen molar-refractivity contribution < 1.29 is 0 Å². The summed E-state index contributed by atoms with van der Waals surface area (Å²) in [5.41, 5.74) is 7.33. The molecular weight excluding hydrogens is 280 g/mol. The molecule has 104 valence electrons. The number of aryl methyl sites for hydroxylation is 1. The first-order chi connectivity index (χ1) is 8.99. The van der Waals surface area contributed by atoms with Crippen molar-refractivity contribution in [3.05, 3.63) is 33.0 Å². The molecule has 0 aromatic carbocycles. The fourth-order valence-corrected chi connectivity index (χ4v) is 3.27. The van der Waals surface area contributed by atoms with Crippen molar-refractivity contribution in [1.29, 1.82) is 0 Å². The van der Waals surface area contributed by atoms with Crippen LogP contribution in [0, 0.1) is 12.8 Å². The summed E-state index contributed by atoms with van der Waals surface area (Å²) in [6, 6.07) is -0.124. The molecular formula is C13H19ClN4S. The van der Waals surface area contributed by atoms with Crippen LogP contribution in [0.25, 0.3) is 0 Å². The molecule has 2 rings (SSSR count). The highest BCUT2D eigenvalue weighted by Gasteiger charge is 2.17. The van der Waals surface area contributed by atoms with Crippen molar-refractivity contribution in [1.82, 2.24) is 14.8 Å². The van der Waals surface area contributed by atoms with Gasteiger partial charge in [-0.25, -0.2) is 9.67 Å². The largest absolute Gasteiger partial charge is 0.323 e. The highest BCUT2D eigenvalue weighted by Crippen LogP contribution is 2.32. The number of nitrogens with zero attached hydrogens (tertiary/aromatic N) is 3. The van der Waals surface area contributed by atoms with E-state index in [0.29, 0.717) is 12.3 Å². The van der Waals surface area contributed by atoms with Gasteiger partial charge in [-0.05, 0) is 23.8 Å². The number of halogens is 1. The molecule has 0 aliphatic carbocycles. The van der Waals surface area contributed by atoms with Gasteiger partial charge in [0.25, 0.3) is 0 Å². The molecule has 6 heteroatoms. The van der Waals surface area contributed by atoms with Gasteiger partial charge in [0.15, 0.2) is 0 Å². The highest BCUT2D eigenvalue weighted by atomic mass is 35.5. The zero-order valence-electron chi connectivity index (χ0n) is 11.4. The minimum atomic E-state index is -0.124. The lowest BCUT2D eigenvalue weighted by molar-refractivity contribution is 0.460. The molecule has 0 fully saturated rings. The van der Waals surface area contributed by atoms with Crippen LogP contribution in [0.4, 0.5) is 0 Å². The fraction of sp³-hybridized carbons (Fsp3) is 0.538. The predicted octanol–water partition coefficient (Wildman–Crippen LogP) is 3.20. The van der Waals surface area contributed by atoms with E-state index in [9.17, 15) is 0 Å². The SMILES string of the molecule is Cc1csc(C(N)Cc2ncnn2CC(C)C)c1Cl. The Bertz CT molecular complexity index is 547. The maximum Gasteiger partial charge on any atom is 0.138 e. The zero-order valence-corrected chi connectivity index (χ0v) is 13.0. The second-order valence-corrected chi connectivity index (χ2v) is 6.45. The molecule has 2 N–H and O–H groups in total. The fourth-order valence-electron chi connectivity index (χ4n) is 1.93. The van der Waals surface area contributed by atoms with Gasteiger partial charge in [0.05, 0.1) is 5.02 Å². The summed E-state index contributed by atoms with van der Waals surface area (Å²) in [5.74, 6) is 1.45. The Hall–Kier alpha value is -0.910. The molecule has 2 heterocycles. The normalized spacial score (nSPS) is 13.2. The Kier molecular flexibility index (Phi) is 4.60. The average molecular weight is 299 g/mol. The Labute approximate surface area is 122 Å². The summed E-state index contributed by atoms with van der Waals surface area (Å²) >= 11 is 7.87. The standard InChI is InChI=1S/C13H19ClN4S/c1-8(2)5-18-11(16-7-17-18)4-10(15)13-12(14)9(3)6-19-13/h6-8,10H,4-5,15H2,1-3H3. The van der Waals surface area contributed by atoms with Crippen LogP contribution in [0.2, 0.25) is 5.02 Å². The quantitative estimate of drug-likeness (QED) is 0.922. The van der Waals surface area contributed by atoms with Crippen LogP contribution < -0.4 is 5.73 Å². The van der Waals surface area contributed by atoms with Gasteiger partial charge >= 0.3 is 0 Å². The first kappa shape index (κ1) is 14.5. The van der Waals surface area contributed by atoms with Gasteiger partial charge in [-0.3, -0.25) is 0 Å². The molecule has 0 amide bonds. The van der Waals surface area contributed by atoms with Crippen LogP contribution in [0.1, 0.15) is 36.2 Å². The summed E-state index contributed by atoms with van der Waals surface area (Å²) in [6.45, 7) is 7.17. The third-order valence-corrected chi connectivity index (χ3v) is 4.74. The lowest BCUT2D eigenvalue weighted by Crippen LogP contribution is -2.18. The van der Waals surface area contributed by atoms with Gasteiger partial charge in [-0.1, -0.05) is 25.4 Å². The molecule has 4 nitrogen and oxygen atoms in total. The Balaban J connectivity index is 2.13. The third kappa shape index (κ3) is 3.35. The summed E-state index contributed by atoms with van der Waals surface area (Å²) in [7, 11) is 0. The number of rotatable bonds is 5. The summed E-state index contributed by atoms with van der Waals surface area (Å²) in [5, 5.41) is 7.07. The van der Waals surface area contributed by atoms with E-state index in [1.165, 1.54) is 0 Å². The average Bonchev–Trinajstić information content (AvgIpc) is 2.88. The predicted molar refractivity (Wildman–Crippen MR) is 79.6 cm³/mol. The molecule has 0 aliphatic rings. The van der Waals surface area contributed by atoms with E-state index in [4.69, 9.17) is 17.3 Å². The third-order valence-electron chi connectivity index (χ3n) is 2.90. The van der Waals surface area contributed by atoms with Gasteiger partial charge in [0, 0.05) is 23.9 Å². The van der Waals surface area contributed by atoms with Crippen LogP contribution in [0.15, 0.2) is 11.7 Å². The minimum Gasteiger partial charge on any atom is -0.323 e. The second-order valence-electron chi connectivity index (χ2n) is 5.16. The maximum atomic E-state index is 6.26. The van der Waals surface area contributed by atoms with Gasteiger partial charge in [0.1, 0.15) is 12.2 Å². The summed E-state index contributed by atoms with van der Waals surface area (Å²) in [6.07, 6.45) is 2.25. The molecule has 1 unspecified atom stereocenters. The van der Waals surface area contributed by atoms with E-state index in [0.717, 1.165) is 27.8 Å². The molecule has 0 radical (unpaired) electrons. The molecule has 0 bridgehead atoms. The van der Waals surface area contributed by atoms with Crippen LogP contribution >= 0.6 is 22.9 Å². The molecule has 2 aromatic rings. The summed E-state index contributed by atoms with van der Waals surface area (Å²) < 4.78 is 1.93. The van der Waals surface area contributed by atoms with E-state index < -0.39 is 0 Å². The smallest absolute Gasteiger partial charge is 0.138 e. The van der Waals surface area contributed by atoms with Gasteiger partial charge in [0.2, 0.25) is 0 Å². The van der Waals surface area contributed by atoms with Crippen LogP contribution in [-0.2, 0) is 13.0 Å². The molecule has 2 aromatic heterocycles. The van der Waals surface area contributed by atoms with Crippen LogP contribution in [0.3, 0.4) is 0 Å². The molecule has 0 spiro atoms. The first-order valence-corrected chi connectivity index (χ1v) is 7.60. The molecule has 0 saturated heterocycles. The van der Waals surface area contributed by atoms with Crippen molar-refractivity contribution in [2.45, 2.75) is 39.8 Å². The first-order valence-electron chi connectivity index (χ1n) is 6.34. The molecule has 0 saturated carbocycles. The van der Waals surface area contributed by atoms with Crippen molar-refractivity contribution >= 4 is 22.9 Å². The van der Waals surface area contributed by atoms with E-state index in [2.05, 4.69) is 23.9 Å². The second kappa shape index (κ2) is 6.03. The van der Waals surface area contributed by atoms with Gasteiger partial charge < -0.3 is 5.73 Å². The Morgan fingerprint density at radius 3 is 2.79 bits per heavy atom. The summed E-state index contributed by atoms with van der Waals surface area (Å²) in [4.78, 5) is 5.33. The van der Waals surface area contributed by atoms with E-state index in [-0.39, 0.29) is 6.04 Å². The van der Waals surface area contributed by atoms with Crippen LogP contribution in [0.5, 0.6) is 0 Å². The molecule has 0 aliphatic heterocycles. The Morgan fingerprint density at radius 1 is 1.47 bits per heavy atom. The van der Waals surface area contributed by atoms with Gasteiger partial charge in [-0.2, -0.15) is 5.10 Å². The number of thiophene rings is 1. The number of aromatic nitrogens is 3. The highest BCUT2D eigenvalue weighted by molar-refractivity contribution is 7.10. The van der Waals surface area contributed by atoms with E-state index in [1.54, 1.807) is 17.7 Å². The van der Waals surface area contributed by atoms with E-state index in [1.807, 2.05) is 17.0 Å². The van der Waals surface area contributed by atoms with Crippen molar-refractivity contribution in [3.63, 3.8) is 0 Å². The molecule has 1 atom stereocenters. The van der Waals surface area contributed by atoms with Crippen molar-refractivity contribution in [2.24, 2.45) is 11.7 Å². The zero-order chi connectivity index (χ0) is 14.0. The lowest BCUT2D eigenvalue weighted by atomic mass is 10.1. The number of nitrogens with two attached hydrogens (primary N) is 1. The Morgan fingerprint density at radius 2 is 2.21 bits per heavy atom. The van der Waals surface area contributed by atoms with Gasteiger partial charge in [-0.15, -0.1) is 11.3 Å². The molecule has 19 heavy (non-hydrogen) atoms. The number of hydrogen-bond acceptors (Lipinski definition) is 4. The minimum absolute atomic E-state index is 0.124. The lowest BCUT2D eigenvalue weighted by Gasteiger charge is -2.12. The van der Waals surface area contributed by atoms with Crippen LogP contribution in [-0.4, -0.2) is 14.8 Å². The topological polar surface area (TPSA) is 56.7 Å². The maximum absolute atomic E-state index is 6.26. The number of hydrogen-bond donors (Lipinski definition) is 1. The van der Waals surface area contributed by atoms with Crippen molar-refractivity contribution in [3.8, 4) is 0 Å². The van der Waals surface area contributed by atoms with Crippen molar-refractivity contribution in [2.75, 3.05) is 0 Å².